The van der Waals surface area contributed by atoms with Gasteiger partial charge >= 0.3 is 12.0 Å². The van der Waals surface area contributed by atoms with Crippen LogP contribution in [-0.2, 0) is 11.2 Å². The molecule has 0 aliphatic carbocycles. The van der Waals surface area contributed by atoms with Crippen molar-refractivity contribution < 1.29 is 19.4 Å². The number of amides is 2. The highest BCUT2D eigenvalue weighted by Gasteiger charge is 2.01. The van der Waals surface area contributed by atoms with Crippen LogP contribution in [0.5, 0.6) is 5.75 Å². The molecule has 0 atom stereocenters. The molecule has 0 fully saturated rings. The molecule has 1 aromatic rings. The summed E-state index contributed by atoms with van der Waals surface area (Å²) >= 11 is 0. The summed E-state index contributed by atoms with van der Waals surface area (Å²) in [5.74, 6) is 0.00440. The summed E-state index contributed by atoms with van der Waals surface area (Å²) in [6.45, 7) is 1.04. The van der Waals surface area contributed by atoms with E-state index in [2.05, 4.69) is 10.6 Å². The lowest BCUT2D eigenvalue weighted by Crippen LogP contribution is -2.37. The van der Waals surface area contributed by atoms with Gasteiger partial charge in [0.1, 0.15) is 5.75 Å². The minimum Gasteiger partial charge on any atom is -0.497 e. The molecular weight excluding hydrogens is 272 g/mol. The number of carbonyl (C=O) groups is 2. The van der Waals surface area contributed by atoms with E-state index in [4.69, 9.17) is 9.84 Å². The van der Waals surface area contributed by atoms with Gasteiger partial charge in [-0.05, 0) is 37.0 Å². The van der Waals surface area contributed by atoms with Crippen molar-refractivity contribution in [2.75, 3.05) is 20.2 Å². The molecule has 3 N–H and O–H groups in total. The molecule has 1 aromatic carbocycles. The van der Waals surface area contributed by atoms with Gasteiger partial charge in [-0.25, -0.2) is 4.79 Å². The Balaban J connectivity index is 2.08. The molecule has 0 aliphatic heterocycles. The molecule has 0 saturated carbocycles. The molecule has 0 aliphatic rings. The number of benzene rings is 1. The van der Waals surface area contributed by atoms with Gasteiger partial charge in [-0.3, -0.25) is 4.79 Å². The number of carbonyl (C=O) groups excluding carboxylic acids is 1. The number of carboxylic acids is 1. The van der Waals surface area contributed by atoms with Crippen LogP contribution >= 0.6 is 0 Å². The van der Waals surface area contributed by atoms with Crippen LogP contribution in [0.25, 0.3) is 0 Å². The highest BCUT2D eigenvalue weighted by atomic mass is 16.5. The second-order valence-electron chi connectivity index (χ2n) is 4.63. The van der Waals surface area contributed by atoms with Crippen LogP contribution in [0, 0.1) is 0 Å². The van der Waals surface area contributed by atoms with Gasteiger partial charge in [-0.15, -0.1) is 0 Å². The Morgan fingerprint density at radius 3 is 2.38 bits per heavy atom. The van der Waals surface area contributed by atoms with E-state index in [1.807, 2.05) is 24.3 Å². The van der Waals surface area contributed by atoms with E-state index in [9.17, 15) is 9.59 Å². The van der Waals surface area contributed by atoms with Crippen molar-refractivity contribution in [1.82, 2.24) is 10.6 Å². The van der Waals surface area contributed by atoms with Gasteiger partial charge in [-0.1, -0.05) is 12.1 Å². The van der Waals surface area contributed by atoms with E-state index in [1.54, 1.807) is 7.11 Å². The highest BCUT2D eigenvalue weighted by molar-refractivity contribution is 5.73. The minimum absolute atomic E-state index is 0.140. The predicted octanol–water partition coefficient (Wildman–Crippen LogP) is 1.79. The number of urea groups is 1. The van der Waals surface area contributed by atoms with Gasteiger partial charge in [-0.2, -0.15) is 0 Å². The van der Waals surface area contributed by atoms with Crippen molar-refractivity contribution in [3.05, 3.63) is 29.8 Å². The molecule has 0 unspecified atom stereocenters. The fraction of sp³-hybridized carbons (Fsp3) is 0.467. The number of ether oxygens (including phenoxy) is 1. The first-order valence-electron chi connectivity index (χ1n) is 6.98. The minimum atomic E-state index is -0.807. The Labute approximate surface area is 124 Å². The largest absolute Gasteiger partial charge is 0.497 e. The smallest absolute Gasteiger partial charge is 0.314 e. The van der Waals surface area contributed by atoms with Crippen molar-refractivity contribution in [3.63, 3.8) is 0 Å². The third-order valence-corrected chi connectivity index (χ3v) is 2.96. The number of unbranched alkanes of at least 4 members (excludes halogenated alkanes) is 1. The van der Waals surface area contributed by atoms with Crippen molar-refractivity contribution in [1.29, 1.82) is 0 Å². The normalized spacial score (nSPS) is 9.95. The Morgan fingerprint density at radius 2 is 1.76 bits per heavy atom. The lowest BCUT2D eigenvalue weighted by atomic mass is 10.1. The number of nitrogens with one attached hydrogen (secondary N) is 2. The first-order chi connectivity index (χ1) is 10.1. The second-order valence-corrected chi connectivity index (χ2v) is 4.63. The van der Waals surface area contributed by atoms with Crippen LogP contribution in [0.2, 0.25) is 0 Å². The molecular formula is C15H22N2O4. The van der Waals surface area contributed by atoms with Crippen LogP contribution in [0.1, 0.15) is 24.8 Å². The summed E-state index contributed by atoms with van der Waals surface area (Å²) in [6, 6.07) is 7.48. The van der Waals surface area contributed by atoms with Crippen LogP contribution in [0.3, 0.4) is 0 Å². The third kappa shape index (κ3) is 7.81. The zero-order chi connectivity index (χ0) is 15.5. The summed E-state index contributed by atoms with van der Waals surface area (Å²) in [5.41, 5.74) is 1.12. The Bertz CT molecular complexity index is 445. The summed E-state index contributed by atoms with van der Waals surface area (Å²) < 4.78 is 5.07. The third-order valence-electron chi connectivity index (χ3n) is 2.96. The van der Waals surface area contributed by atoms with Crippen LogP contribution < -0.4 is 15.4 Å². The van der Waals surface area contributed by atoms with Gasteiger partial charge in [0.25, 0.3) is 0 Å². The van der Waals surface area contributed by atoms with E-state index in [0.29, 0.717) is 25.9 Å². The monoisotopic (exact) mass is 294 g/mol. The molecule has 0 heterocycles. The highest BCUT2D eigenvalue weighted by Crippen LogP contribution is 2.11. The maximum absolute atomic E-state index is 11.5. The quantitative estimate of drug-likeness (QED) is 0.606. The van der Waals surface area contributed by atoms with E-state index in [0.717, 1.165) is 17.7 Å². The van der Waals surface area contributed by atoms with Gasteiger partial charge in [0, 0.05) is 19.5 Å². The summed E-state index contributed by atoms with van der Waals surface area (Å²) in [4.78, 5) is 21.8. The molecule has 0 bridgehead atoms. The first kappa shape index (κ1) is 16.8. The first-order valence-corrected chi connectivity index (χ1v) is 6.98. The fourth-order valence-electron chi connectivity index (χ4n) is 1.78. The zero-order valence-corrected chi connectivity index (χ0v) is 12.2. The van der Waals surface area contributed by atoms with E-state index < -0.39 is 5.97 Å². The molecule has 2 amide bonds. The average Bonchev–Trinajstić information content (AvgIpc) is 2.47. The number of aliphatic carboxylic acids is 1. The Hall–Kier alpha value is -2.24. The molecule has 6 heteroatoms. The van der Waals surface area contributed by atoms with Gasteiger partial charge in [0.2, 0.25) is 0 Å². The maximum Gasteiger partial charge on any atom is 0.314 e. The number of methoxy groups -OCH3 is 1. The molecule has 0 spiro atoms. The summed E-state index contributed by atoms with van der Waals surface area (Å²) in [7, 11) is 1.62. The zero-order valence-electron chi connectivity index (χ0n) is 12.2. The fourth-order valence-corrected chi connectivity index (χ4v) is 1.78. The van der Waals surface area contributed by atoms with Gasteiger partial charge in [0.15, 0.2) is 0 Å². The maximum atomic E-state index is 11.5. The topological polar surface area (TPSA) is 87.7 Å². The van der Waals surface area contributed by atoms with Crippen molar-refractivity contribution in [3.8, 4) is 5.75 Å². The van der Waals surface area contributed by atoms with Gasteiger partial charge < -0.3 is 20.5 Å². The van der Waals surface area contributed by atoms with E-state index in [1.165, 1.54) is 0 Å². The molecule has 1 rings (SSSR count). The second kappa shape index (κ2) is 9.63. The average molecular weight is 294 g/mol. The summed E-state index contributed by atoms with van der Waals surface area (Å²) in [5, 5.41) is 13.9. The lowest BCUT2D eigenvalue weighted by Gasteiger charge is -2.07. The van der Waals surface area contributed by atoms with Crippen molar-refractivity contribution in [2.24, 2.45) is 0 Å². The SMILES string of the molecule is COc1ccc(CCNC(=O)NCCCCC(=O)O)cc1. The molecule has 0 saturated heterocycles. The van der Waals surface area contributed by atoms with Gasteiger partial charge in [0.05, 0.1) is 7.11 Å². The molecule has 21 heavy (non-hydrogen) atoms. The number of hydrogen-bond acceptors (Lipinski definition) is 3. The van der Waals surface area contributed by atoms with Crippen molar-refractivity contribution in [2.45, 2.75) is 25.7 Å². The Kier molecular flexibility index (Phi) is 7.71. The Morgan fingerprint density at radius 1 is 1.10 bits per heavy atom. The number of carboxylic acid groups (broad SMARTS) is 1. The predicted molar refractivity (Wildman–Crippen MR) is 79.6 cm³/mol. The molecule has 0 radical (unpaired) electrons. The van der Waals surface area contributed by atoms with Crippen molar-refractivity contribution >= 4 is 12.0 Å². The van der Waals surface area contributed by atoms with E-state index in [-0.39, 0.29) is 12.5 Å². The summed E-state index contributed by atoms with van der Waals surface area (Å²) in [6.07, 6.45) is 2.12. The molecule has 6 nitrogen and oxygen atoms in total. The molecule has 116 valence electrons. The molecule has 0 aromatic heterocycles. The van der Waals surface area contributed by atoms with Crippen LogP contribution in [0.4, 0.5) is 4.79 Å². The lowest BCUT2D eigenvalue weighted by molar-refractivity contribution is -0.137. The number of hydrogen-bond donors (Lipinski definition) is 3. The standard InChI is InChI=1S/C15H22N2O4/c1-21-13-7-5-12(6-8-13)9-11-17-15(20)16-10-3-2-4-14(18)19/h5-8H,2-4,9-11H2,1H3,(H,18,19)(H2,16,17,20). The van der Waals surface area contributed by atoms with E-state index >= 15 is 0 Å². The van der Waals surface area contributed by atoms with Crippen LogP contribution in [0.15, 0.2) is 24.3 Å². The van der Waals surface area contributed by atoms with Crippen LogP contribution in [-0.4, -0.2) is 37.3 Å². The number of rotatable bonds is 9.